The monoisotopic (exact) mass is 406 g/mol. The lowest BCUT2D eigenvalue weighted by molar-refractivity contribution is 0.0690. The quantitative estimate of drug-likeness (QED) is 0.524. The zero-order valence-corrected chi connectivity index (χ0v) is 15.5. The van der Waals surface area contributed by atoms with Gasteiger partial charge < -0.3 is 16.2 Å². The van der Waals surface area contributed by atoms with E-state index in [1.165, 1.54) is 29.8 Å². The molecule has 3 aromatic rings. The number of aromatic amines is 1. The van der Waals surface area contributed by atoms with Gasteiger partial charge in [0.2, 0.25) is 0 Å². The maximum Gasteiger partial charge on any atom is 0.353 e. The Balaban J connectivity index is 0.000000273. The SMILES string of the molecule is NCc1ccccc1.O=C(O)c1cc(NC(=O)c2ccc(Cl)cc2Cl)n[nH]1. The summed E-state index contributed by atoms with van der Waals surface area (Å²) in [6, 6.07) is 15.6. The predicted octanol–water partition coefficient (Wildman–Crippen LogP) is 3.81. The van der Waals surface area contributed by atoms with Gasteiger partial charge in [0.1, 0.15) is 5.69 Å². The van der Waals surface area contributed by atoms with Crippen molar-refractivity contribution in [2.24, 2.45) is 5.73 Å². The van der Waals surface area contributed by atoms with Gasteiger partial charge in [-0.1, -0.05) is 53.5 Å². The molecule has 9 heteroatoms. The van der Waals surface area contributed by atoms with Gasteiger partial charge >= 0.3 is 5.97 Å². The minimum Gasteiger partial charge on any atom is -0.477 e. The number of benzene rings is 2. The second-order valence-corrected chi connectivity index (χ2v) is 6.08. The van der Waals surface area contributed by atoms with E-state index in [-0.39, 0.29) is 22.1 Å². The summed E-state index contributed by atoms with van der Waals surface area (Å²) >= 11 is 11.6. The summed E-state index contributed by atoms with van der Waals surface area (Å²) in [5.74, 6) is -1.59. The number of halogens is 2. The number of hydrogen-bond acceptors (Lipinski definition) is 4. The van der Waals surface area contributed by atoms with Gasteiger partial charge in [-0.15, -0.1) is 0 Å². The van der Waals surface area contributed by atoms with Crippen LogP contribution in [0.2, 0.25) is 10.0 Å². The number of aromatic nitrogens is 2. The number of aromatic carboxylic acids is 1. The standard InChI is InChI=1S/C11H7Cl2N3O3.C7H9N/c12-5-1-2-6(7(13)3-5)10(17)14-9-4-8(11(18)19)15-16-9;8-6-7-4-2-1-3-5-7/h1-4H,(H,18,19)(H2,14,15,16,17);1-5H,6,8H2. The van der Waals surface area contributed by atoms with Crippen LogP contribution in [0.15, 0.2) is 54.6 Å². The van der Waals surface area contributed by atoms with Gasteiger partial charge in [-0.2, -0.15) is 5.10 Å². The predicted molar refractivity (Wildman–Crippen MR) is 104 cm³/mol. The van der Waals surface area contributed by atoms with E-state index in [0.29, 0.717) is 11.6 Å². The van der Waals surface area contributed by atoms with E-state index in [1.54, 1.807) is 0 Å². The minimum absolute atomic E-state index is 0.0911. The van der Waals surface area contributed by atoms with Crippen LogP contribution in [0.4, 0.5) is 5.82 Å². The summed E-state index contributed by atoms with van der Waals surface area (Å²) in [6.07, 6.45) is 0. The van der Waals surface area contributed by atoms with Crippen molar-refractivity contribution in [3.63, 3.8) is 0 Å². The third kappa shape index (κ3) is 6.10. The minimum atomic E-state index is -1.17. The Labute approximate surface area is 165 Å². The number of carbonyl (C=O) groups is 2. The molecule has 140 valence electrons. The summed E-state index contributed by atoms with van der Waals surface area (Å²) in [5.41, 5.74) is 6.62. The molecule has 0 unspecified atom stereocenters. The van der Waals surface area contributed by atoms with Crippen molar-refractivity contribution < 1.29 is 14.7 Å². The van der Waals surface area contributed by atoms with Crippen LogP contribution in [0.5, 0.6) is 0 Å². The molecule has 0 saturated heterocycles. The van der Waals surface area contributed by atoms with Crippen LogP contribution < -0.4 is 11.1 Å². The highest BCUT2D eigenvalue weighted by atomic mass is 35.5. The molecule has 27 heavy (non-hydrogen) atoms. The zero-order valence-electron chi connectivity index (χ0n) is 13.9. The van der Waals surface area contributed by atoms with E-state index < -0.39 is 11.9 Å². The molecule has 0 aliphatic heterocycles. The smallest absolute Gasteiger partial charge is 0.353 e. The first-order chi connectivity index (χ1) is 12.9. The van der Waals surface area contributed by atoms with Crippen molar-refractivity contribution in [2.45, 2.75) is 6.54 Å². The van der Waals surface area contributed by atoms with Crippen molar-refractivity contribution in [3.05, 3.63) is 81.5 Å². The van der Waals surface area contributed by atoms with Gasteiger partial charge in [-0.3, -0.25) is 9.89 Å². The van der Waals surface area contributed by atoms with E-state index in [2.05, 4.69) is 15.5 Å². The van der Waals surface area contributed by atoms with E-state index in [0.717, 1.165) is 0 Å². The summed E-state index contributed by atoms with van der Waals surface area (Å²) in [7, 11) is 0. The molecule has 0 atom stereocenters. The number of hydrogen-bond donors (Lipinski definition) is 4. The Kier molecular flexibility index (Phi) is 7.36. The number of nitrogens with two attached hydrogens (primary N) is 1. The van der Waals surface area contributed by atoms with Crippen LogP contribution in [0, 0.1) is 0 Å². The molecular weight excluding hydrogens is 391 g/mol. The number of nitrogens with one attached hydrogen (secondary N) is 2. The highest BCUT2D eigenvalue weighted by Gasteiger charge is 2.14. The number of anilines is 1. The van der Waals surface area contributed by atoms with Gasteiger partial charge in [-0.05, 0) is 23.8 Å². The summed E-state index contributed by atoms with van der Waals surface area (Å²) in [6.45, 7) is 0.640. The van der Waals surface area contributed by atoms with Crippen LogP contribution in [0.3, 0.4) is 0 Å². The third-order valence-corrected chi connectivity index (χ3v) is 3.85. The van der Waals surface area contributed by atoms with E-state index >= 15 is 0 Å². The summed E-state index contributed by atoms with van der Waals surface area (Å²) in [5, 5.41) is 17.6. The van der Waals surface area contributed by atoms with Crippen molar-refractivity contribution >= 4 is 40.9 Å². The number of carbonyl (C=O) groups excluding carboxylic acids is 1. The number of carboxylic acid groups (broad SMARTS) is 1. The average molecular weight is 407 g/mol. The molecule has 0 saturated carbocycles. The fourth-order valence-corrected chi connectivity index (χ4v) is 2.46. The van der Waals surface area contributed by atoms with E-state index in [1.807, 2.05) is 30.3 Å². The Morgan fingerprint density at radius 3 is 2.33 bits per heavy atom. The third-order valence-electron chi connectivity index (χ3n) is 3.30. The molecule has 5 N–H and O–H groups in total. The number of amides is 1. The normalized spacial score (nSPS) is 9.89. The Morgan fingerprint density at radius 2 is 1.81 bits per heavy atom. The lowest BCUT2D eigenvalue weighted by Crippen LogP contribution is -2.12. The topological polar surface area (TPSA) is 121 Å². The average Bonchev–Trinajstić information content (AvgIpc) is 3.11. The highest BCUT2D eigenvalue weighted by Crippen LogP contribution is 2.21. The molecule has 7 nitrogen and oxygen atoms in total. The molecule has 1 amide bonds. The van der Waals surface area contributed by atoms with Crippen LogP contribution in [-0.2, 0) is 6.54 Å². The molecule has 1 aromatic heterocycles. The van der Waals surface area contributed by atoms with Crippen molar-refractivity contribution in [3.8, 4) is 0 Å². The van der Waals surface area contributed by atoms with Gasteiger partial charge in [0.05, 0.1) is 10.6 Å². The number of nitrogens with zero attached hydrogens (tertiary/aromatic N) is 1. The first kappa shape index (κ1) is 20.4. The van der Waals surface area contributed by atoms with Gasteiger partial charge in [0, 0.05) is 17.6 Å². The molecule has 3 rings (SSSR count). The maximum absolute atomic E-state index is 11.9. The van der Waals surface area contributed by atoms with Crippen molar-refractivity contribution in [1.82, 2.24) is 10.2 Å². The Hall–Kier alpha value is -2.87. The number of H-pyrrole nitrogens is 1. The van der Waals surface area contributed by atoms with Crippen LogP contribution in [0.25, 0.3) is 0 Å². The lowest BCUT2D eigenvalue weighted by atomic mass is 10.2. The second kappa shape index (κ2) is 9.72. The van der Waals surface area contributed by atoms with Crippen LogP contribution in [-0.4, -0.2) is 27.2 Å². The number of carboxylic acids is 1. The van der Waals surface area contributed by atoms with Crippen molar-refractivity contribution in [1.29, 1.82) is 0 Å². The molecule has 1 heterocycles. The van der Waals surface area contributed by atoms with Gasteiger partial charge in [0.15, 0.2) is 5.82 Å². The largest absolute Gasteiger partial charge is 0.477 e. The molecule has 0 radical (unpaired) electrons. The molecule has 2 aromatic carbocycles. The molecule has 0 bridgehead atoms. The molecule has 0 fully saturated rings. The van der Waals surface area contributed by atoms with Gasteiger partial charge in [-0.25, -0.2) is 4.79 Å². The maximum atomic E-state index is 11.9. The first-order valence-electron chi connectivity index (χ1n) is 7.69. The zero-order chi connectivity index (χ0) is 19.8. The molecular formula is C18H16Cl2N4O3. The second-order valence-electron chi connectivity index (χ2n) is 5.24. The summed E-state index contributed by atoms with van der Waals surface area (Å²) < 4.78 is 0. The Morgan fingerprint density at radius 1 is 1.11 bits per heavy atom. The lowest BCUT2D eigenvalue weighted by Gasteiger charge is -2.04. The molecule has 0 aliphatic rings. The molecule has 0 aliphatic carbocycles. The highest BCUT2D eigenvalue weighted by molar-refractivity contribution is 6.37. The number of rotatable bonds is 4. The van der Waals surface area contributed by atoms with Crippen LogP contribution in [0.1, 0.15) is 26.4 Å². The van der Waals surface area contributed by atoms with Gasteiger partial charge in [0.25, 0.3) is 5.91 Å². The molecule has 0 spiro atoms. The summed E-state index contributed by atoms with van der Waals surface area (Å²) in [4.78, 5) is 22.5. The fourth-order valence-electron chi connectivity index (χ4n) is 1.97. The van der Waals surface area contributed by atoms with E-state index in [4.69, 9.17) is 34.0 Å². The Bertz CT molecular complexity index is 929. The van der Waals surface area contributed by atoms with Crippen molar-refractivity contribution in [2.75, 3.05) is 5.32 Å². The first-order valence-corrected chi connectivity index (χ1v) is 8.45. The van der Waals surface area contributed by atoms with E-state index in [9.17, 15) is 9.59 Å². The fraction of sp³-hybridized carbons (Fsp3) is 0.0556. The van der Waals surface area contributed by atoms with Crippen LogP contribution >= 0.6 is 23.2 Å².